The summed E-state index contributed by atoms with van der Waals surface area (Å²) >= 11 is 0. The zero-order chi connectivity index (χ0) is 22.2. The Morgan fingerprint density at radius 1 is 1.00 bits per heavy atom. The van der Waals surface area contributed by atoms with Crippen molar-refractivity contribution in [2.24, 2.45) is 5.14 Å². The lowest BCUT2D eigenvalue weighted by Gasteiger charge is -2.09. The van der Waals surface area contributed by atoms with Crippen molar-refractivity contribution in [3.8, 4) is 16.9 Å². The van der Waals surface area contributed by atoms with Crippen molar-refractivity contribution in [2.45, 2.75) is 17.7 Å². The van der Waals surface area contributed by atoms with E-state index in [-0.39, 0.29) is 17.3 Å². The maximum Gasteiger partial charge on any atom is 0.416 e. The number of sulfonamides is 1. The Kier molecular flexibility index (Phi) is 5.19. The highest BCUT2D eigenvalue weighted by Crippen LogP contribution is 2.32. The summed E-state index contributed by atoms with van der Waals surface area (Å²) in [5, 5.41) is 5.31. The van der Waals surface area contributed by atoms with Crippen LogP contribution in [0.25, 0.3) is 22.2 Å². The van der Waals surface area contributed by atoms with Gasteiger partial charge in [-0.2, -0.15) is 13.2 Å². The van der Waals surface area contributed by atoms with Gasteiger partial charge in [0, 0.05) is 5.56 Å². The summed E-state index contributed by atoms with van der Waals surface area (Å²) in [6.45, 7) is -0.0703. The first-order valence-corrected chi connectivity index (χ1v) is 10.6. The number of hydrogen-bond acceptors (Lipinski definition) is 4. The first-order valence-electron chi connectivity index (χ1n) is 9.02. The number of H-pyrrole nitrogens is 1. The van der Waals surface area contributed by atoms with E-state index in [0.29, 0.717) is 28.0 Å². The largest absolute Gasteiger partial charge is 0.486 e. The minimum atomic E-state index is -4.46. The molecule has 4 rings (SSSR count). The molecule has 0 amide bonds. The van der Waals surface area contributed by atoms with E-state index in [9.17, 15) is 21.6 Å². The molecule has 10 heteroatoms. The molecule has 31 heavy (non-hydrogen) atoms. The Morgan fingerprint density at radius 3 is 2.52 bits per heavy atom. The Labute approximate surface area is 175 Å². The lowest BCUT2D eigenvalue weighted by molar-refractivity contribution is -0.137. The van der Waals surface area contributed by atoms with Crippen LogP contribution in [0.15, 0.2) is 71.6 Å². The van der Waals surface area contributed by atoms with E-state index in [4.69, 9.17) is 9.88 Å². The molecule has 0 saturated carbocycles. The molecule has 0 aliphatic rings. The highest BCUT2D eigenvalue weighted by molar-refractivity contribution is 7.89. The highest BCUT2D eigenvalue weighted by Gasteiger charge is 2.30. The van der Waals surface area contributed by atoms with Crippen molar-refractivity contribution in [1.82, 2.24) is 9.97 Å². The van der Waals surface area contributed by atoms with Crippen LogP contribution in [0.4, 0.5) is 13.2 Å². The Bertz CT molecular complexity index is 1370. The molecule has 0 spiro atoms. The summed E-state index contributed by atoms with van der Waals surface area (Å²) in [5.74, 6) is 0.474. The quantitative estimate of drug-likeness (QED) is 0.471. The van der Waals surface area contributed by atoms with Crippen LogP contribution in [0.2, 0.25) is 0 Å². The molecule has 0 radical (unpaired) electrons. The van der Waals surface area contributed by atoms with Crippen LogP contribution < -0.4 is 9.88 Å². The van der Waals surface area contributed by atoms with E-state index in [0.717, 1.165) is 12.1 Å². The number of aromatic nitrogens is 2. The van der Waals surface area contributed by atoms with Gasteiger partial charge in [-0.1, -0.05) is 30.3 Å². The van der Waals surface area contributed by atoms with Crippen molar-refractivity contribution < 1.29 is 26.3 Å². The molecular formula is C21H16F3N3O3S. The van der Waals surface area contributed by atoms with E-state index in [1.165, 1.54) is 18.2 Å². The van der Waals surface area contributed by atoms with Gasteiger partial charge in [-0.15, -0.1) is 0 Å². The summed E-state index contributed by atoms with van der Waals surface area (Å²) in [6, 6.07) is 16.1. The van der Waals surface area contributed by atoms with Gasteiger partial charge in [0.15, 0.2) is 0 Å². The molecule has 0 unspecified atom stereocenters. The van der Waals surface area contributed by atoms with Gasteiger partial charge in [-0.05, 0) is 42.0 Å². The van der Waals surface area contributed by atoms with Gasteiger partial charge >= 0.3 is 6.18 Å². The number of fused-ring (bicyclic) bond motifs is 1. The first kappa shape index (κ1) is 20.9. The Hall–Kier alpha value is -3.37. The molecule has 1 aromatic heterocycles. The van der Waals surface area contributed by atoms with Gasteiger partial charge < -0.3 is 9.72 Å². The van der Waals surface area contributed by atoms with Crippen molar-refractivity contribution in [3.63, 3.8) is 0 Å². The predicted molar refractivity (Wildman–Crippen MR) is 109 cm³/mol. The monoisotopic (exact) mass is 447 g/mol. The minimum absolute atomic E-state index is 0.00182. The van der Waals surface area contributed by atoms with Crippen LogP contribution in [-0.4, -0.2) is 18.4 Å². The number of halogens is 3. The molecule has 3 aromatic carbocycles. The van der Waals surface area contributed by atoms with Crippen molar-refractivity contribution in [3.05, 3.63) is 78.1 Å². The molecular weight excluding hydrogens is 431 g/mol. The third kappa shape index (κ3) is 4.54. The van der Waals surface area contributed by atoms with E-state index < -0.39 is 21.8 Å². The Balaban J connectivity index is 1.60. The maximum absolute atomic E-state index is 12.8. The van der Waals surface area contributed by atoms with Gasteiger partial charge in [0.25, 0.3) is 0 Å². The van der Waals surface area contributed by atoms with Gasteiger partial charge in [0.1, 0.15) is 18.2 Å². The van der Waals surface area contributed by atoms with Crippen molar-refractivity contribution in [2.75, 3.05) is 0 Å². The van der Waals surface area contributed by atoms with Gasteiger partial charge in [-0.3, -0.25) is 0 Å². The Morgan fingerprint density at radius 2 is 1.77 bits per heavy atom. The van der Waals surface area contributed by atoms with Crippen LogP contribution in [0.5, 0.6) is 5.75 Å². The predicted octanol–water partition coefficient (Wildman–Crippen LogP) is 4.48. The smallest absolute Gasteiger partial charge is 0.416 e. The highest BCUT2D eigenvalue weighted by atomic mass is 32.2. The van der Waals surface area contributed by atoms with Gasteiger partial charge in [-0.25, -0.2) is 18.5 Å². The first-order chi connectivity index (χ1) is 14.6. The average molecular weight is 447 g/mol. The summed E-state index contributed by atoms with van der Waals surface area (Å²) in [4.78, 5) is 7.40. The lowest BCUT2D eigenvalue weighted by Crippen LogP contribution is -2.13. The van der Waals surface area contributed by atoms with Gasteiger partial charge in [0.05, 0.1) is 21.5 Å². The molecule has 0 bridgehead atoms. The summed E-state index contributed by atoms with van der Waals surface area (Å²) in [5.41, 5.74) is 1.48. The van der Waals surface area contributed by atoms with Crippen LogP contribution in [-0.2, 0) is 22.8 Å². The molecule has 0 aliphatic heterocycles. The summed E-state index contributed by atoms with van der Waals surface area (Å²) in [6.07, 6.45) is -4.46. The van der Waals surface area contributed by atoms with Crippen molar-refractivity contribution >= 4 is 21.1 Å². The van der Waals surface area contributed by atoms with E-state index >= 15 is 0 Å². The van der Waals surface area contributed by atoms with E-state index in [1.54, 1.807) is 36.4 Å². The molecule has 0 fully saturated rings. The maximum atomic E-state index is 12.8. The van der Waals surface area contributed by atoms with Crippen LogP contribution >= 0.6 is 0 Å². The zero-order valence-corrected chi connectivity index (χ0v) is 16.7. The molecule has 0 saturated heterocycles. The standard InChI is InChI=1S/C21H16F3N3O3S/c22-21(23,24)14-4-3-5-15(11-14)30-12-20-26-17-9-8-13(10-18(17)27-20)16-6-1-2-7-19(16)31(25,28)29/h1-11H,12H2,(H,26,27)(H2,25,28,29). The number of primary sulfonamides is 1. The number of hydrogen-bond donors (Lipinski definition) is 2. The second-order valence-electron chi connectivity index (χ2n) is 6.77. The average Bonchev–Trinajstić information content (AvgIpc) is 3.13. The zero-order valence-electron chi connectivity index (χ0n) is 15.8. The number of nitrogens with one attached hydrogen (secondary N) is 1. The number of rotatable bonds is 5. The number of aromatic amines is 1. The third-order valence-corrected chi connectivity index (χ3v) is 5.54. The normalized spacial score (nSPS) is 12.3. The SMILES string of the molecule is NS(=O)(=O)c1ccccc1-c1ccc2nc(COc3cccc(C(F)(F)F)c3)[nH]c2c1. The third-order valence-electron chi connectivity index (χ3n) is 4.57. The van der Waals surface area contributed by atoms with Gasteiger partial charge in [0.2, 0.25) is 10.0 Å². The summed E-state index contributed by atoms with van der Waals surface area (Å²) < 4.78 is 67.7. The second-order valence-corrected chi connectivity index (χ2v) is 8.30. The van der Waals surface area contributed by atoms with Crippen LogP contribution in [0.3, 0.4) is 0 Å². The lowest BCUT2D eigenvalue weighted by atomic mass is 10.1. The fraction of sp³-hybridized carbons (Fsp3) is 0.0952. The molecule has 1 heterocycles. The molecule has 0 atom stereocenters. The molecule has 3 N–H and O–H groups in total. The van der Waals surface area contributed by atoms with Crippen LogP contribution in [0, 0.1) is 0 Å². The number of nitrogens with zero attached hydrogens (tertiary/aromatic N) is 1. The van der Waals surface area contributed by atoms with Crippen LogP contribution in [0.1, 0.15) is 11.4 Å². The minimum Gasteiger partial charge on any atom is -0.486 e. The number of benzene rings is 3. The van der Waals surface area contributed by atoms with E-state index in [2.05, 4.69) is 9.97 Å². The number of ether oxygens (including phenoxy) is 1. The fourth-order valence-corrected chi connectivity index (χ4v) is 3.93. The van der Waals surface area contributed by atoms with Crippen molar-refractivity contribution in [1.29, 1.82) is 0 Å². The fourth-order valence-electron chi connectivity index (χ4n) is 3.17. The molecule has 0 aliphatic carbocycles. The number of nitrogens with two attached hydrogens (primary N) is 1. The number of imidazole rings is 1. The molecule has 4 aromatic rings. The van der Waals surface area contributed by atoms with E-state index in [1.807, 2.05) is 0 Å². The molecule has 160 valence electrons. The summed E-state index contributed by atoms with van der Waals surface area (Å²) in [7, 11) is -3.91. The molecule has 6 nitrogen and oxygen atoms in total. The topological polar surface area (TPSA) is 98.1 Å². The number of alkyl halides is 3. The second kappa shape index (κ2) is 7.71.